The van der Waals surface area contributed by atoms with Gasteiger partial charge in [0.25, 0.3) is 0 Å². The van der Waals surface area contributed by atoms with E-state index in [0.717, 1.165) is 25.2 Å². The Morgan fingerprint density at radius 1 is 1.12 bits per heavy atom. The first-order chi connectivity index (χ1) is 16.2. The van der Waals surface area contributed by atoms with Crippen molar-refractivity contribution in [2.24, 2.45) is 0 Å². The molecule has 3 aromatic rings. The Morgan fingerprint density at radius 3 is 2.62 bits per heavy atom. The molecule has 10 heteroatoms. The van der Waals surface area contributed by atoms with Crippen LogP contribution in [-0.4, -0.2) is 49.2 Å². The maximum Gasteiger partial charge on any atom is 0.229 e. The zero-order valence-electron chi connectivity index (χ0n) is 19.6. The summed E-state index contributed by atoms with van der Waals surface area (Å²) in [5.41, 5.74) is 3.64. The molecule has 0 amide bonds. The van der Waals surface area contributed by atoms with Gasteiger partial charge in [-0.2, -0.15) is 4.98 Å². The van der Waals surface area contributed by atoms with Crippen LogP contribution in [0, 0.1) is 0 Å². The first-order valence-corrected chi connectivity index (χ1v) is 12.9. The van der Waals surface area contributed by atoms with Gasteiger partial charge < -0.3 is 20.3 Å². The molecule has 0 radical (unpaired) electrons. The molecule has 0 saturated carbocycles. The van der Waals surface area contributed by atoms with Gasteiger partial charge in [0.15, 0.2) is 15.7 Å². The molecule has 4 rings (SSSR count). The summed E-state index contributed by atoms with van der Waals surface area (Å²) in [6.45, 7) is 5.16. The van der Waals surface area contributed by atoms with Crippen LogP contribution in [0.5, 0.6) is 5.75 Å². The lowest BCUT2D eigenvalue weighted by atomic mass is 9.99. The first kappa shape index (κ1) is 24.3. The van der Waals surface area contributed by atoms with Crippen molar-refractivity contribution in [1.82, 2.24) is 14.9 Å². The monoisotopic (exact) mass is 501 g/mol. The number of likely N-dealkylation sites (N-methyl/N-ethyl adjacent to an activating group) is 1. The molecule has 34 heavy (non-hydrogen) atoms. The second-order valence-electron chi connectivity index (χ2n) is 8.54. The number of hydrogen-bond donors (Lipinski definition) is 2. The minimum Gasteiger partial charge on any atom is -0.495 e. The molecule has 0 atom stereocenters. The lowest BCUT2D eigenvalue weighted by molar-refractivity contribution is 0.311. The van der Waals surface area contributed by atoms with Crippen LogP contribution >= 0.6 is 11.6 Å². The van der Waals surface area contributed by atoms with E-state index in [2.05, 4.69) is 38.6 Å². The quantitative estimate of drug-likeness (QED) is 0.476. The molecule has 1 aromatic heterocycles. The molecule has 1 aliphatic rings. The topological polar surface area (TPSA) is 96.4 Å². The van der Waals surface area contributed by atoms with Crippen molar-refractivity contribution in [1.29, 1.82) is 0 Å². The van der Waals surface area contributed by atoms with Gasteiger partial charge in [0.2, 0.25) is 5.95 Å². The lowest BCUT2D eigenvalue weighted by Gasteiger charge is -2.26. The van der Waals surface area contributed by atoms with E-state index in [4.69, 9.17) is 16.3 Å². The third-order valence-electron chi connectivity index (χ3n) is 5.78. The fourth-order valence-corrected chi connectivity index (χ4v) is 5.17. The molecule has 0 fully saturated rings. The van der Waals surface area contributed by atoms with Crippen molar-refractivity contribution in [2.75, 3.05) is 31.3 Å². The first-order valence-electron chi connectivity index (χ1n) is 11.0. The van der Waals surface area contributed by atoms with Gasteiger partial charge in [-0.15, -0.1) is 0 Å². The van der Waals surface area contributed by atoms with Crippen molar-refractivity contribution < 1.29 is 13.2 Å². The predicted molar refractivity (Wildman–Crippen MR) is 135 cm³/mol. The van der Waals surface area contributed by atoms with Crippen molar-refractivity contribution in [3.63, 3.8) is 0 Å². The SMILES string of the molecule is COc1cc2c(cc1Nc1ncc(Cl)c(Nc3ccccc3S(=O)(=O)C(C)C)n1)CCN(C)C2. The summed E-state index contributed by atoms with van der Waals surface area (Å²) < 4.78 is 31.2. The maximum absolute atomic E-state index is 12.8. The van der Waals surface area contributed by atoms with E-state index >= 15 is 0 Å². The van der Waals surface area contributed by atoms with Gasteiger partial charge in [0.1, 0.15) is 10.8 Å². The van der Waals surface area contributed by atoms with E-state index in [9.17, 15) is 8.42 Å². The maximum atomic E-state index is 12.8. The van der Waals surface area contributed by atoms with Crippen LogP contribution in [-0.2, 0) is 22.8 Å². The third-order valence-corrected chi connectivity index (χ3v) is 8.27. The highest BCUT2D eigenvalue weighted by molar-refractivity contribution is 7.92. The number of fused-ring (bicyclic) bond motifs is 1. The zero-order chi connectivity index (χ0) is 24.5. The fourth-order valence-electron chi connectivity index (χ4n) is 3.83. The molecule has 0 spiro atoms. The van der Waals surface area contributed by atoms with E-state index in [-0.39, 0.29) is 9.92 Å². The molecule has 0 bridgehead atoms. The Kier molecular flexibility index (Phi) is 6.97. The number of halogens is 1. The minimum absolute atomic E-state index is 0.190. The highest BCUT2D eigenvalue weighted by Crippen LogP contribution is 2.34. The van der Waals surface area contributed by atoms with Gasteiger partial charge in [-0.05, 0) is 62.7 Å². The van der Waals surface area contributed by atoms with Crippen LogP contribution in [0.4, 0.5) is 23.1 Å². The molecule has 2 heterocycles. The van der Waals surface area contributed by atoms with E-state index in [0.29, 0.717) is 23.2 Å². The number of anilines is 4. The molecule has 2 N–H and O–H groups in total. The number of methoxy groups -OCH3 is 1. The summed E-state index contributed by atoms with van der Waals surface area (Å²) in [4.78, 5) is 11.3. The summed E-state index contributed by atoms with van der Waals surface area (Å²) in [5, 5.41) is 6.00. The van der Waals surface area contributed by atoms with Crippen molar-refractivity contribution in [2.45, 2.75) is 37.0 Å². The van der Waals surface area contributed by atoms with Crippen LogP contribution in [0.2, 0.25) is 5.02 Å². The van der Waals surface area contributed by atoms with Crippen LogP contribution in [0.3, 0.4) is 0 Å². The van der Waals surface area contributed by atoms with Gasteiger partial charge in [-0.3, -0.25) is 0 Å². The number of nitrogens with one attached hydrogen (secondary N) is 2. The van der Waals surface area contributed by atoms with Crippen LogP contribution in [0.1, 0.15) is 25.0 Å². The Balaban J connectivity index is 1.65. The highest BCUT2D eigenvalue weighted by atomic mass is 35.5. The summed E-state index contributed by atoms with van der Waals surface area (Å²) in [6, 6.07) is 10.8. The Hall–Kier alpha value is -2.88. The largest absolute Gasteiger partial charge is 0.495 e. The van der Waals surface area contributed by atoms with Crippen LogP contribution in [0.25, 0.3) is 0 Å². The van der Waals surface area contributed by atoms with E-state index < -0.39 is 15.1 Å². The van der Waals surface area contributed by atoms with Crippen molar-refractivity contribution in [3.05, 3.63) is 58.7 Å². The van der Waals surface area contributed by atoms with Crippen LogP contribution < -0.4 is 15.4 Å². The zero-order valence-corrected chi connectivity index (χ0v) is 21.2. The number of rotatable bonds is 7. The minimum atomic E-state index is -3.51. The molecule has 0 aliphatic carbocycles. The fraction of sp³-hybridized carbons (Fsp3) is 0.333. The summed E-state index contributed by atoms with van der Waals surface area (Å²) in [5.74, 6) is 1.29. The third kappa shape index (κ3) is 4.96. The standard InChI is InChI=1S/C24H28ClN5O3S/c1-15(2)34(31,32)22-8-6-5-7-19(22)27-23-18(25)13-26-24(29-23)28-20-11-16-9-10-30(3)14-17(16)12-21(20)33-4/h5-8,11-13,15H,9-10,14H2,1-4H3,(H2,26,27,28,29). The molecule has 180 valence electrons. The number of benzene rings is 2. The predicted octanol–water partition coefficient (Wildman–Crippen LogP) is 4.80. The highest BCUT2D eigenvalue weighted by Gasteiger charge is 2.23. The van der Waals surface area contributed by atoms with Crippen LogP contribution in [0.15, 0.2) is 47.5 Å². The summed E-state index contributed by atoms with van der Waals surface area (Å²) >= 11 is 6.35. The number of aromatic nitrogens is 2. The second kappa shape index (κ2) is 9.77. The molecule has 1 aliphatic heterocycles. The molecule has 8 nitrogen and oxygen atoms in total. The average Bonchev–Trinajstić information content (AvgIpc) is 2.81. The van der Waals surface area contributed by atoms with E-state index in [1.807, 2.05) is 6.07 Å². The Labute approximate surface area is 205 Å². The normalized spacial score (nSPS) is 14.1. The smallest absolute Gasteiger partial charge is 0.229 e. The molecule has 2 aromatic carbocycles. The number of para-hydroxylation sites is 1. The van der Waals surface area contributed by atoms with Gasteiger partial charge in [0, 0.05) is 13.1 Å². The lowest BCUT2D eigenvalue weighted by Crippen LogP contribution is -2.26. The molecule has 0 unspecified atom stereocenters. The number of hydrogen-bond acceptors (Lipinski definition) is 8. The van der Waals surface area contributed by atoms with Gasteiger partial charge in [-0.25, -0.2) is 13.4 Å². The van der Waals surface area contributed by atoms with Gasteiger partial charge in [0.05, 0.1) is 34.8 Å². The summed E-state index contributed by atoms with van der Waals surface area (Å²) in [7, 11) is 0.220. The molecular weight excluding hydrogens is 474 g/mol. The molecule has 0 saturated heterocycles. The Morgan fingerprint density at radius 2 is 1.88 bits per heavy atom. The molecular formula is C24H28ClN5O3S. The van der Waals surface area contributed by atoms with Gasteiger partial charge >= 0.3 is 0 Å². The second-order valence-corrected chi connectivity index (χ2v) is 11.4. The van der Waals surface area contributed by atoms with Crippen molar-refractivity contribution >= 4 is 44.6 Å². The summed E-state index contributed by atoms with van der Waals surface area (Å²) in [6.07, 6.45) is 2.42. The Bertz CT molecular complexity index is 1310. The number of sulfone groups is 1. The van der Waals surface area contributed by atoms with Gasteiger partial charge in [-0.1, -0.05) is 23.7 Å². The number of ether oxygens (including phenoxy) is 1. The van der Waals surface area contributed by atoms with E-state index in [1.54, 1.807) is 45.2 Å². The van der Waals surface area contributed by atoms with Crippen molar-refractivity contribution in [3.8, 4) is 5.75 Å². The average molecular weight is 502 g/mol. The van der Waals surface area contributed by atoms with E-state index in [1.165, 1.54) is 17.3 Å². The number of nitrogens with zero attached hydrogens (tertiary/aromatic N) is 3.